The summed E-state index contributed by atoms with van der Waals surface area (Å²) in [6.07, 6.45) is 0. The number of hydrogen-bond donors (Lipinski definition) is 0. The number of thiophene rings is 1. The maximum atomic E-state index is 5.37. The molecule has 0 aliphatic heterocycles. The summed E-state index contributed by atoms with van der Waals surface area (Å²) in [5, 5.41) is 1.28. The van der Waals surface area contributed by atoms with Crippen molar-refractivity contribution in [2.24, 2.45) is 0 Å². The normalized spacial score (nSPS) is 10.8. The van der Waals surface area contributed by atoms with Gasteiger partial charge in [-0.1, -0.05) is 12.1 Å². The topological polar surface area (TPSA) is 18.5 Å². The summed E-state index contributed by atoms with van der Waals surface area (Å²) >= 11 is 1.80. The number of aryl methyl sites for hydroxylation is 1. The highest BCUT2D eigenvalue weighted by Crippen LogP contribution is 2.38. The molecular weight excluding hydrogens is 268 g/mol. The van der Waals surface area contributed by atoms with Gasteiger partial charge in [0.05, 0.1) is 14.2 Å². The van der Waals surface area contributed by atoms with Crippen molar-refractivity contribution in [3.05, 3.63) is 48.0 Å². The molecule has 3 rings (SSSR count). The van der Waals surface area contributed by atoms with Crippen LogP contribution in [0.5, 0.6) is 11.5 Å². The first-order valence-electron chi connectivity index (χ1n) is 6.44. The number of fused-ring (bicyclic) bond motifs is 1. The number of ether oxygens (including phenoxy) is 2. The van der Waals surface area contributed by atoms with Gasteiger partial charge >= 0.3 is 0 Å². The van der Waals surface area contributed by atoms with E-state index in [4.69, 9.17) is 9.47 Å². The molecule has 0 aliphatic carbocycles. The zero-order valence-corrected chi connectivity index (χ0v) is 12.6. The van der Waals surface area contributed by atoms with Crippen LogP contribution in [-0.4, -0.2) is 14.2 Å². The Morgan fingerprint density at radius 2 is 1.65 bits per heavy atom. The van der Waals surface area contributed by atoms with E-state index in [9.17, 15) is 0 Å². The molecule has 0 amide bonds. The SMILES string of the molecule is COc1ccc(-c2cc3ccc(C)cc3s2)cc1OC. The van der Waals surface area contributed by atoms with Gasteiger partial charge in [0.25, 0.3) is 0 Å². The van der Waals surface area contributed by atoms with Crippen LogP contribution in [0.25, 0.3) is 20.5 Å². The highest BCUT2D eigenvalue weighted by Gasteiger charge is 2.09. The fourth-order valence-electron chi connectivity index (χ4n) is 2.27. The van der Waals surface area contributed by atoms with E-state index in [0.717, 1.165) is 17.1 Å². The average Bonchev–Trinajstić information content (AvgIpc) is 2.89. The zero-order chi connectivity index (χ0) is 14.1. The van der Waals surface area contributed by atoms with Gasteiger partial charge in [0, 0.05) is 9.58 Å². The van der Waals surface area contributed by atoms with E-state index in [0.29, 0.717) is 0 Å². The fraction of sp³-hybridized carbons (Fsp3) is 0.176. The molecule has 1 heterocycles. The highest BCUT2D eigenvalue weighted by atomic mass is 32.1. The summed E-state index contributed by atoms with van der Waals surface area (Å²) < 4.78 is 12.0. The predicted molar refractivity (Wildman–Crippen MR) is 85.1 cm³/mol. The summed E-state index contributed by atoms with van der Waals surface area (Å²) in [4.78, 5) is 1.24. The van der Waals surface area contributed by atoms with Crippen molar-refractivity contribution >= 4 is 21.4 Å². The Labute approximate surface area is 122 Å². The third-order valence-corrected chi connectivity index (χ3v) is 4.49. The second-order valence-corrected chi connectivity index (χ2v) is 5.81. The molecule has 2 aromatic carbocycles. The van der Waals surface area contributed by atoms with E-state index in [2.05, 4.69) is 37.3 Å². The Morgan fingerprint density at radius 3 is 2.40 bits per heavy atom. The van der Waals surface area contributed by atoms with E-state index in [1.165, 1.54) is 20.5 Å². The summed E-state index contributed by atoms with van der Waals surface area (Å²) in [5.74, 6) is 1.52. The Balaban J connectivity index is 2.10. The quantitative estimate of drug-likeness (QED) is 0.681. The van der Waals surface area contributed by atoms with E-state index in [1.54, 1.807) is 25.6 Å². The minimum Gasteiger partial charge on any atom is -0.493 e. The first-order chi connectivity index (χ1) is 9.71. The number of methoxy groups -OCH3 is 2. The van der Waals surface area contributed by atoms with Crippen LogP contribution in [0.3, 0.4) is 0 Å². The molecule has 0 spiro atoms. The predicted octanol–water partition coefficient (Wildman–Crippen LogP) is 4.89. The van der Waals surface area contributed by atoms with Gasteiger partial charge in [0.15, 0.2) is 11.5 Å². The van der Waals surface area contributed by atoms with Crippen LogP contribution in [0.2, 0.25) is 0 Å². The van der Waals surface area contributed by atoms with Crippen LogP contribution >= 0.6 is 11.3 Å². The van der Waals surface area contributed by atoms with Crippen LogP contribution < -0.4 is 9.47 Å². The van der Waals surface area contributed by atoms with Crippen LogP contribution in [0, 0.1) is 6.92 Å². The second-order valence-electron chi connectivity index (χ2n) is 4.72. The van der Waals surface area contributed by atoms with Crippen molar-refractivity contribution in [1.29, 1.82) is 0 Å². The zero-order valence-electron chi connectivity index (χ0n) is 11.8. The summed E-state index contributed by atoms with van der Waals surface area (Å²) in [6, 6.07) is 14.8. The van der Waals surface area contributed by atoms with Gasteiger partial charge in [-0.05, 0) is 53.8 Å². The lowest BCUT2D eigenvalue weighted by atomic mass is 10.1. The van der Waals surface area contributed by atoms with Crippen molar-refractivity contribution in [3.63, 3.8) is 0 Å². The van der Waals surface area contributed by atoms with Crippen molar-refractivity contribution in [1.82, 2.24) is 0 Å². The van der Waals surface area contributed by atoms with Crippen molar-refractivity contribution in [2.75, 3.05) is 14.2 Å². The molecule has 0 saturated heterocycles. The summed E-state index contributed by atoms with van der Waals surface area (Å²) in [5.41, 5.74) is 2.44. The van der Waals surface area contributed by atoms with E-state index < -0.39 is 0 Å². The highest BCUT2D eigenvalue weighted by molar-refractivity contribution is 7.22. The Morgan fingerprint density at radius 1 is 0.850 bits per heavy atom. The summed E-state index contributed by atoms with van der Waals surface area (Å²) in [6.45, 7) is 2.12. The standard InChI is InChI=1S/C17H16O2S/c1-11-4-5-13-10-17(20-16(13)8-11)12-6-7-14(18-2)15(9-12)19-3/h4-10H,1-3H3. The molecular formula is C17H16O2S. The monoisotopic (exact) mass is 284 g/mol. The molecule has 20 heavy (non-hydrogen) atoms. The Kier molecular flexibility index (Phi) is 3.36. The smallest absolute Gasteiger partial charge is 0.161 e. The second kappa shape index (κ2) is 5.17. The third-order valence-electron chi connectivity index (χ3n) is 3.34. The maximum absolute atomic E-state index is 5.37. The molecule has 2 nitrogen and oxygen atoms in total. The lowest BCUT2D eigenvalue weighted by Crippen LogP contribution is -1.90. The van der Waals surface area contributed by atoms with Crippen LogP contribution in [-0.2, 0) is 0 Å². The minimum atomic E-state index is 0.758. The summed E-state index contributed by atoms with van der Waals surface area (Å²) in [7, 11) is 3.32. The van der Waals surface area contributed by atoms with Gasteiger partial charge in [-0.15, -0.1) is 11.3 Å². The molecule has 0 unspecified atom stereocenters. The fourth-order valence-corrected chi connectivity index (χ4v) is 3.43. The van der Waals surface area contributed by atoms with Crippen LogP contribution in [0.1, 0.15) is 5.56 Å². The molecule has 0 radical (unpaired) electrons. The lowest BCUT2D eigenvalue weighted by molar-refractivity contribution is 0.355. The van der Waals surface area contributed by atoms with E-state index >= 15 is 0 Å². The average molecular weight is 284 g/mol. The van der Waals surface area contributed by atoms with Crippen molar-refractivity contribution in [2.45, 2.75) is 6.92 Å². The van der Waals surface area contributed by atoms with Gasteiger partial charge in [0.1, 0.15) is 0 Å². The van der Waals surface area contributed by atoms with E-state index in [1.807, 2.05) is 12.1 Å². The lowest BCUT2D eigenvalue weighted by Gasteiger charge is -2.08. The number of benzene rings is 2. The molecule has 0 fully saturated rings. The van der Waals surface area contributed by atoms with Crippen LogP contribution in [0.15, 0.2) is 42.5 Å². The van der Waals surface area contributed by atoms with Gasteiger partial charge in [-0.3, -0.25) is 0 Å². The van der Waals surface area contributed by atoms with Gasteiger partial charge < -0.3 is 9.47 Å². The molecule has 0 atom stereocenters. The van der Waals surface area contributed by atoms with Gasteiger partial charge in [-0.2, -0.15) is 0 Å². The van der Waals surface area contributed by atoms with Crippen molar-refractivity contribution in [3.8, 4) is 21.9 Å². The first-order valence-corrected chi connectivity index (χ1v) is 7.25. The molecule has 0 bridgehead atoms. The van der Waals surface area contributed by atoms with Gasteiger partial charge in [0.2, 0.25) is 0 Å². The minimum absolute atomic E-state index is 0.758. The molecule has 102 valence electrons. The Bertz CT molecular complexity index is 759. The number of rotatable bonds is 3. The molecule has 3 heteroatoms. The molecule has 0 saturated carbocycles. The maximum Gasteiger partial charge on any atom is 0.161 e. The third kappa shape index (κ3) is 2.25. The van der Waals surface area contributed by atoms with E-state index in [-0.39, 0.29) is 0 Å². The largest absolute Gasteiger partial charge is 0.493 e. The first kappa shape index (κ1) is 13.0. The van der Waals surface area contributed by atoms with Crippen molar-refractivity contribution < 1.29 is 9.47 Å². The molecule has 0 aliphatic rings. The molecule has 1 aromatic heterocycles. The number of hydrogen-bond acceptors (Lipinski definition) is 3. The van der Waals surface area contributed by atoms with Crippen LogP contribution in [0.4, 0.5) is 0 Å². The Hall–Kier alpha value is -2.00. The van der Waals surface area contributed by atoms with Gasteiger partial charge in [-0.25, -0.2) is 0 Å². The molecule has 3 aromatic rings. The molecule has 0 N–H and O–H groups in total.